The third-order valence-corrected chi connectivity index (χ3v) is 3.73. The van der Waals surface area contributed by atoms with E-state index in [1.807, 2.05) is 4.90 Å². The Morgan fingerprint density at radius 1 is 1.14 bits per heavy atom. The summed E-state index contributed by atoms with van der Waals surface area (Å²) in [6.07, 6.45) is 5.18. The van der Waals surface area contributed by atoms with E-state index in [1.54, 1.807) is 12.1 Å². The molecule has 0 bridgehead atoms. The second-order valence-electron chi connectivity index (χ2n) is 5.41. The van der Waals surface area contributed by atoms with Gasteiger partial charge in [0.2, 0.25) is 0 Å². The molecule has 2 amide bonds. The zero-order valence-corrected chi connectivity index (χ0v) is 12.6. The predicted molar refractivity (Wildman–Crippen MR) is 80.2 cm³/mol. The first kappa shape index (κ1) is 16.5. The van der Waals surface area contributed by atoms with Gasteiger partial charge in [-0.05, 0) is 37.0 Å². The summed E-state index contributed by atoms with van der Waals surface area (Å²) in [6, 6.07) is 6.47. The van der Waals surface area contributed by atoms with E-state index < -0.39 is 6.61 Å². The van der Waals surface area contributed by atoms with Gasteiger partial charge in [0, 0.05) is 19.6 Å². The number of hydrogen-bond acceptors (Lipinski definition) is 2. The molecule has 0 aromatic heterocycles. The number of urea groups is 1. The van der Waals surface area contributed by atoms with Gasteiger partial charge in [0.15, 0.2) is 0 Å². The summed E-state index contributed by atoms with van der Waals surface area (Å²) in [7, 11) is 0. The number of halogens is 2. The van der Waals surface area contributed by atoms with Crippen molar-refractivity contribution in [3.63, 3.8) is 0 Å². The number of nitrogens with one attached hydrogen (secondary N) is 1. The summed E-state index contributed by atoms with van der Waals surface area (Å²) in [6.45, 7) is -0.625. The average molecular weight is 312 g/mol. The van der Waals surface area contributed by atoms with Crippen molar-refractivity contribution in [2.45, 2.75) is 38.7 Å². The van der Waals surface area contributed by atoms with Crippen LogP contribution in [0.1, 0.15) is 31.2 Å². The molecule has 4 nitrogen and oxygen atoms in total. The Bertz CT molecular complexity index is 458. The van der Waals surface area contributed by atoms with Gasteiger partial charge < -0.3 is 15.0 Å². The van der Waals surface area contributed by atoms with Crippen molar-refractivity contribution in [3.8, 4) is 5.75 Å². The van der Waals surface area contributed by atoms with Gasteiger partial charge >= 0.3 is 12.6 Å². The lowest BCUT2D eigenvalue weighted by atomic mass is 10.1. The zero-order chi connectivity index (χ0) is 15.8. The summed E-state index contributed by atoms with van der Waals surface area (Å²) in [5.74, 6) is 0.146. The zero-order valence-electron chi connectivity index (χ0n) is 12.6. The summed E-state index contributed by atoms with van der Waals surface area (Å²) in [4.78, 5) is 13.9. The molecule has 1 saturated heterocycles. The lowest BCUT2D eigenvalue weighted by molar-refractivity contribution is -0.0498. The van der Waals surface area contributed by atoms with E-state index in [-0.39, 0.29) is 11.8 Å². The Kier molecular flexibility index (Phi) is 6.43. The second kappa shape index (κ2) is 8.56. The van der Waals surface area contributed by atoms with Crippen LogP contribution < -0.4 is 10.1 Å². The fourth-order valence-electron chi connectivity index (χ4n) is 2.54. The molecule has 0 spiro atoms. The summed E-state index contributed by atoms with van der Waals surface area (Å²) in [5.41, 5.74) is 0.970. The maximum absolute atomic E-state index is 12.0. The quantitative estimate of drug-likeness (QED) is 0.905. The van der Waals surface area contributed by atoms with Crippen LogP contribution in [0.3, 0.4) is 0 Å². The van der Waals surface area contributed by atoms with Crippen LogP contribution in [-0.4, -0.2) is 37.2 Å². The minimum absolute atomic E-state index is 0.0143. The van der Waals surface area contributed by atoms with Crippen molar-refractivity contribution in [3.05, 3.63) is 29.8 Å². The molecule has 1 N–H and O–H groups in total. The highest BCUT2D eigenvalue weighted by Gasteiger charge is 2.14. The minimum atomic E-state index is -2.81. The molecular weight excluding hydrogens is 290 g/mol. The van der Waals surface area contributed by atoms with Crippen LogP contribution in [0.25, 0.3) is 0 Å². The summed E-state index contributed by atoms with van der Waals surface area (Å²) >= 11 is 0. The average Bonchev–Trinajstić information content (AvgIpc) is 2.77. The molecule has 0 saturated carbocycles. The highest BCUT2D eigenvalue weighted by atomic mass is 19.3. The normalized spacial score (nSPS) is 15.5. The molecule has 1 aliphatic rings. The standard InChI is InChI=1S/C16H22F2N2O2/c17-15(18)22-14-7-5-13(6-8-14)9-10-19-16(21)20-11-3-1-2-4-12-20/h5-8,15H,1-4,9-12H2,(H,19,21). The largest absolute Gasteiger partial charge is 0.435 e. The van der Waals surface area contributed by atoms with Gasteiger partial charge in [-0.3, -0.25) is 0 Å². The number of amides is 2. The Balaban J connectivity index is 1.72. The van der Waals surface area contributed by atoms with E-state index in [1.165, 1.54) is 25.0 Å². The first-order valence-electron chi connectivity index (χ1n) is 7.71. The van der Waals surface area contributed by atoms with Crippen LogP contribution in [0.2, 0.25) is 0 Å². The molecule has 1 heterocycles. The Hall–Kier alpha value is -1.85. The van der Waals surface area contributed by atoms with E-state index in [0.717, 1.165) is 31.5 Å². The number of hydrogen-bond donors (Lipinski definition) is 1. The molecule has 1 aromatic rings. The molecular formula is C16H22F2N2O2. The van der Waals surface area contributed by atoms with Crippen LogP contribution in [-0.2, 0) is 6.42 Å². The number of benzene rings is 1. The predicted octanol–water partition coefficient (Wildman–Crippen LogP) is 3.42. The molecule has 1 aliphatic heterocycles. The lowest BCUT2D eigenvalue weighted by Gasteiger charge is -2.20. The third-order valence-electron chi connectivity index (χ3n) is 3.73. The monoisotopic (exact) mass is 312 g/mol. The molecule has 2 rings (SSSR count). The fourth-order valence-corrected chi connectivity index (χ4v) is 2.54. The Morgan fingerprint density at radius 2 is 1.77 bits per heavy atom. The van der Waals surface area contributed by atoms with E-state index >= 15 is 0 Å². The van der Waals surface area contributed by atoms with Gasteiger partial charge in [0.05, 0.1) is 0 Å². The van der Waals surface area contributed by atoms with Gasteiger partial charge in [0.25, 0.3) is 0 Å². The minimum Gasteiger partial charge on any atom is -0.435 e. The number of likely N-dealkylation sites (tertiary alicyclic amines) is 1. The van der Waals surface area contributed by atoms with Crippen molar-refractivity contribution >= 4 is 6.03 Å². The van der Waals surface area contributed by atoms with Crippen molar-refractivity contribution in [2.24, 2.45) is 0 Å². The Labute approximate surface area is 129 Å². The molecule has 1 aromatic carbocycles. The van der Waals surface area contributed by atoms with Crippen molar-refractivity contribution in [1.82, 2.24) is 10.2 Å². The van der Waals surface area contributed by atoms with Crippen molar-refractivity contribution in [2.75, 3.05) is 19.6 Å². The maximum Gasteiger partial charge on any atom is 0.387 e. The SMILES string of the molecule is O=C(NCCc1ccc(OC(F)F)cc1)N1CCCCCC1. The number of rotatable bonds is 5. The number of alkyl halides is 2. The van der Waals surface area contributed by atoms with Gasteiger partial charge in [-0.1, -0.05) is 25.0 Å². The van der Waals surface area contributed by atoms with Crippen molar-refractivity contribution in [1.29, 1.82) is 0 Å². The van der Waals surface area contributed by atoms with Crippen LogP contribution >= 0.6 is 0 Å². The van der Waals surface area contributed by atoms with Crippen molar-refractivity contribution < 1.29 is 18.3 Å². The number of nitrogens with zero attached hydrogens (tertiary/aromatic N) is 1. The molecule has 1 fully saturated rings. The molecule has 122 valence electrons. The van der Waals surface area contributed by atoms with Crippen LogP contribution in [0.4, 0.5) is 13.6 Å². The van der Waals surface area contributed by atoms with E-state index in [0.29, 0.717) is 13.0 Å². The summed E-state index contributed by atoms with van der Waals surface area (Å²) in [5, 5.41) is 2.91. The molecule has 6 heteroatoms. The smallest absolute Gasteiger partial charge is 0.387 e. The topological polar surface area (TPSA) is 41.6 Å². The van der Waals surface area contributed by atoms with E-state index in [4.69, 9.17) is 0 Å². The number of carbonyl (C=O) groups is 1. The molecule has 0 radical (unpaired) electrons. The van der Waals surface area contributed by atoms with Crippen LogP contribution in [0, 0.1) is 0 Å². The lowest BCUT2D eigenvalue weighted by Crippen LogP contribution is -2.41. The summed E-state index contributed by atoms with van der Waals surface area (Å²) < 4.78 is 28.4. The molecule has 22 heavy (non-hydrogen) atoms. The molecule has 0 aliphatic carbocycles. The first-order valence-corrected chi connectivity index (χ1v) is 7.71. The van der Waals surface area contributed by atoms with Crippen LogP contribution in [0.15, 0.2) is 24.3 Å². The molecule has 0 atom stereocenters. The third kappa shape index (κ3) is 5.50. The first-order chi connectivity index (χ1) is 10.6. The van der Waals surface area contributed by atoms with E-state index in [9.17, 15) is 13.6 Å². The highest BCUT2D eigenvalue weighted by molar-refractivity contribution is 5.74. The number of ether oxygens (including phenoxy) is 1. The van der Waals surface area contributed by atoms with Crippen LogP contribution in [0.5, 0.6) is 5.75 Å². The van der Waals surface area contributed by atoms with E-state index in [2.05, 4.69) is 10.1 Å². The number of carbonyl (C=O) groups excluding carboxylic acids is 1. The Morgan fingerprint density at radius 3 is 2.36 bits per heavy atom. The van der Waals surface area contributed by atoms with Gasteiger partial charge in [-0.15, -0.1) is 0 Å². The van der Waals surface area contributed by atoms with Gasteiger partial charge in [-0.25, -0.2) is 4.79 Å². The highest BCUT2D eigenvalue weighted by Crippen LogP contribution is 2.15. The maximum atomic E-state index is 12.0. The second-order valence-corrected chi connectivity index (χ2v) is 5.41. The fraction of sp³-hybridized carbons (Fsp3) is 0.562. The molecule has 0 unspecified atom stereocenters. The van der Waals surface area contributed by atoms with Gasteiger partial charge in [-0.2, -0.15) is 8.78 Å². The van der Waals surface area contributed by atoms with Gasteiger partial charge in [0.1, 0.15) is 5.75 Å².